The van der Waals surface area contributed by atoms with Crippen LogP contribution in [0.3, 0.4) is 0 Å². The number of nitrogens with one attached hydrogen (secondary N) is 1. The zero-order valence-electron chi connectivity index (χ0n) is 12.4. The highest BCUT2D eigenvalue weighted by atomic mass is 16.5. The summed E-state index contributed by atoms with van der Waals surface area (Å²) in [5, 5.41) is 2.60. The third-order valence-corrected chi connectivity index (χ3v) is 3.10. The third kappa shape index (κ3) is 3.91. The second-order valence-electron chi connectivity index (χ2n) is 4.69. The smallest absolute Gasteiger partial charge is 0.339 e. The zero-order chi connectivity index (χ0) is 16.8. The molecule has 7 nitrogen and oxygen atoms in total. The molecule has 0 saturated heterocycles. The van der Waals surface area contributed by atoms with Gasteiger partial charge in [-0.1, -0.05) is 18.2 Å². The Balaban J connectivity index is 2.30. The molecule has 3 N–H and O–H groups in total. The monoisotopic (exact) mass is 313 g/mol. The number of benzene rings is 1. The number of carbonyl (C=O) groups is 3. The number of nitrogens with zero attached hydrogens (tertiary/aromatic N) is 1. The molecular formula is C16H15N3O4. The second-order valence-corrected chi connectivity index (χ2v) is 4.69. The van der Waals surface area contributed by atoms with E-state index in [0.29, 0.717) is 5.69 Å². The lowest BCUT2D eigenvalue weighted by atomic mass is 9.97. The Morgan fingerprint density at radius 2 is 1.87 bits per heavy atom. The van der Waals surface area contributed by atoms with Crippen molar-refractivity contribution < 1.29 is 19.1 Å². The van der Waals surface area contributed by atoms with E-state index in [-0.39, 0.29) is 11.1 Å². The second kappa shape index (κ2) is 7.17. The number of pyridine rings is 1. The van der Waals surface area contributed by atoms with Gasteiger partial charge in [0.2, 0.25) is 11.8 Å². The van der Waals surface area contributed by atoms with E-state index in [0.717, 1.165) is 0 Å². The normalized spacial score (nSPS) is 11.3. The van der Waals surface area contributed by atoms with Gasteiger partial charge in [0.15, 0.2) is 0 Å². The Labute approximate surface area is 132 Å². The summed E-state index contributed by atoms with van der Waals surface area (Å²) >= 11 is 0. The van der Waals surface area contributed by atoms with Gasteiger partial charge in [0.1, 0.15) is 5.92 Å². The van der Waals surface area contributed by atoms with Gasteiger partial charge in [0, 0.05) is 18.1 Å². The molecule has 1 heterocycles. The van der Waals surface area contributed by atoms with Crippen LogP contribution in [0.2, 0.25) is 0 Å². The van der Waals surface area contributed by atoms with Crippen LogP contribution in [0, 0.1) is 0 Å². The van der Waals surface area contributed by atoms with E-state index in [1.54, 1.807) is 30.3 Å². The summed E-state index contributed by atoms with van der Waals surface area (Å²) in [6, 6.07) is 10.0. The number of aromatic nitrogens is 1. The molecule has 118 valence electrons. The lowest BCUT2D eigenvalue weighted by Crippen LogP contribution is -2.32. The Morgan fingerprint density at radius 1 is 1.17 bits per heavy atom. The van der Waals surface area contributed by atoms with Crippen LogP contribution in [-0.4, -0.2) is 29.9 Å². The average molecular weight is 313 g/mol. The van der Waals surface area contributed by atoms with Crippen molar-refractivity contribution in [1.82, 2.24) is 4.98 Å². The Hall–Kier alpha value is -3.22. The number of primary amides is 1. The van der Waals surface area contributed by atoms with Gasteiger partial charge in [-0.2, -0.15) is 0 Å². The molecule has 7 heteroatoms. The van der Waals surface area contributed by atoms with E-state index in [2.05, 4.69) is 15.0 Å². The molecule has 0 aliphatic heterocycles. The number of anilines is 1. The molecule has 1 unspecified atom stereocenters. The summed E-state index contributed by atoms with van der Waals surface area (Å²) in [5.41, 5.74) is 6.21. The number of para-hydroxylation sites is 1. The van der Waals surface area contributed by atoms with E-state index in [1.165, 1.54) is 25.6 Å². The number of hydrogen-bond donors (Lipinski definition) is 2. The topological polar surface area (TPSA) is 111 Å². The maximum atomic E-state index is 12.3. The molecule has 0 fully saturated rings. The molecule has 0 radical (unpaired) electrons. The fourth-order valence-electron chi connectivity index (χ4n) is 2.03. The van der Waals surface area contributed by atoms with Crippen molar-refractivity contribution in [2.24, 2.45) is 5.73 Å². The number of carbonyl (C=O) groups excluding carboxylic acids is 3. The molecule has 23 heavy (non-hydrogen) atoms. The zero-order valence-corrected chi connectivity index (χ0v) is 12.4. The molecule has 0 aliphatic rings. The number of methoxy groups -OCH3 is 1. The number of nitrogens with two attached hydrogens (primary N) is 1. The van der Waals surface area contributed by atoms with Gasteiger partial charge < -0.3 is 15.8 Å². The number of esters is 1. The molecule has 0 saturated carbocycles. The standard InChI is InChI=1S/C16H15N3O4/c1-23-16(22)11-7-10(8-18-9-11)13(14(17)20)15(21)19-12-5-3-2-4-6-12/h2-9,13H,1H3,(H2,17,20)(H,19,21). The minimum absolute atomic E-state index is 0.128. The maximum Gasteiger partial charge on any atom is 0.339 e. The summed E-state index contributed by atoms with van der Waals surface area (Å²) in [6.45, 7) is 0. The van der Waals surface area contributed by atoms with Crippen LogP contribution >= 0.6 is 0 Å². The van der Waals surface area contributed by atoms with E-state index in [9.17, 15) is 14.4 Å². The first-order valence-corrected chi connectivity index (χ1v) is 6.71. The first-order valence-electron chi connectivity index (χ1n) is 6.71. The minimum atomic E-state index is -1.27. The van der Waals surface area contributed by atoms with Crippen molar-refractivity contribution >= 4 is 23.5 Å². The van der Waals surface area contributed by atoms with Crippen LogP contribution in [-0.2, 0) is 14.3 Å². The highest BCUT2D eigenvalue weighted by Crippen LogP contribution is 2.19. The lowest BCUT2D eigenvalue weighted by Gasteiger charge is -2.14. The van der Waals surface area contributed by atoms with Crippen molar-refractivity contribution in [3.05, 3.63) is 59.9 Å². The summed E-state index contributed by atoms with van der Waals surface area (Å²) in [4.78, 5) is 39.4. The van der Waals surface area contributed by atoms with E-state index in [1.807, 2.05) is 0 Å². The van der Waals surface area contributed by atoms with Gasteiger partial charge in [-0.05, 0) is 23.8 Å². The highest BCUT2D eigenvalue weighted by Gasteiger charge is 2.27. The molecule has 2 rings (SSSR count). The van der Waals surface area contributed by atoms with Crippen LogP contribution in [0.25, 0.3) is 0 Å². The van der Waals surface area contributed by atoms with Gasteiger partial charge in [0.05, 0.1) is 12.7 Å². The van der Waals surface area contributed by atoms with Crippen LogP contribution in [0.1, 0.15) is 21.8 Å². The van der Waals surface area contributed by atoms with Crippen molar-refractivity contribution in [2.45, 2.75) is 5.92 Å². The number of hydrogen-bond acceptors (Lipinski definition) is 5. The quantitative estimate of drug-likeness (QED) is 0.633. The minimum Gasteiger partial charge on any atom is -0.465 e. The summed E-state index contributed by atoms with van der Waals surface area (Å²) in [6.07, 6.45) is 2.59. The Kier molecular flexibility index (Phi) is 5.03. The summed E-state index contributed by atoms with van der Waals surface area (Å²) < 4.78 is 4.59. The Morgan fingerprint density at radius 3 is 2.48 bits per heavy atom. The predicted octanol–water partition coefficient (Wildman–Crippen LogP) is 1.08. The van der Waals surface area contributed by atoms with E-state index in [4.69, 9.17) is 5.73 Å². The van der Waals surface area contributed by atoms with Crippen LogP contribution in [0.4, 0.5) is 5.69 Å². The molecule has 1 aromatic carbocycles. The van der Waals surface area contributed by atoms with Gasteiger partial charge in [-0.15, -0.1) is 0 Å². The molecule has 0 aliphatic carbocycles. The molecule has 2 aromatic rings. The van der Waals surface area contributed by atoms with Crippen LogP contribution in [0.15, 0.2) is 48.8 Å². The molecule has 1 atom stereocenters. The van der Waals surface area contributed by atoms with E-state index < -0.39 is 23.7 Å². The number of rotatable bonds is 5. The predicted molar refractivity (Wildman–Crippen MR) is 82.6 cm³/mol. The highest BCUT2D eigenvalue weighted by molar-refractivity contribution is 6.10. The molecular weight excluding hydrogens is 298 g/mol. The van der Waals surface area contributed by atoms with Gasteiger partial charge in [0.25, 0.3) is 0 Å². The molecule has 1 aromatic heterocycles. The summed E-state index contributed by atoms with van der Waals surface area (Å²) in [7, 11) is 1.22. The average Bonchev–Trinajstić information content (AvgIpc) is 2.55. The van der Waals surface area contributed by atoms with Crippen molar-refractivity contribution in [3.63, 3.8) is 0 Å². The van der Waals surface area contributed by atoms with Crippen molar-refractivity contribution in [1.29, 1.82) is 0 Å². The van der Waals surface area contributed by atoms with Gasteiger partial charge >= 0.3 is 5.97 Å². The Bertz CT molecular complexity index is 731. The molecule has 0 bridgehead atoms. The lowest BCUT2D eigenvalue weighted by molar-refractivity contribution is -0.127. The molecule has 2 amide bonds. The third-order valence-electron chi connectivity index (χ3n) is 3.10. The fraction of sp³-hybridized carbons (Fsp3) is 0.125. The van der Waals surface area contributed by atoms with E-state index >= 15 is 0 Å². The SMILES string of the molecule is COC(=O)c1cncc(C(C(N)=O)C(=O)Nc2ccccc2)c1. The number of amides is 2. The first kappa shape index (κ1) is 16.2. The van der Waals surface area contributed by atoms with Gasteiger partial charge in [-0.3, -0.25) is 14.6 Å². The molecule has 0 spiro atoms. The van der Waals surface area contributed by atoms with Crippen LogP contribution < -0.4 is 11.1 Å². The maximum absolute atomic E-state index is 12.3. The summed E-state index contributed by atoms with van der Waals surface area (Å²) in [5.74, 6) is -3.34. The fourth-order valence-corrected chi connectivity index (χ4v) is 2.03. The first-order chi connectivity index (χ1) is 11.0. The van der Waals surface area contributed by atoms with Crippen molar-refractivity contribution in [3.8, 4) is 0 Å². The largest absolute Gasteiger partial charge is 0.465 e. The van der Waals surface area contributed by atoms with Crippen molar-refractivity contribution in [2.75, 3.05) is 12.4 Å². The van der Waals surface area contributed by atoms with Crippen LogP contribution in [0.5, 0.6) is 0 Å². The van der Waals surface area contributed by atoms with Gasteiger partial charge in [-0.25, -0.2) is 4.79 Å². The number of ether oxygens (including phenoxy) is 1.